The van der Waals surface area contributed by atoms with E-state index < -0.39 is 0 Å². The number of aromatic nitrogens is 2. The number of nitrogens with one attached hydrogen (secondary N) is 2. The molecule has 0 fully saturated rings. The number of carbonyl (C=O) groups is 1. The first-order valence-electron chi connectivity index (χ1n) is 9.45. The lowest BCUT2D eigenvalue weighted by atomic mass is 10.1. The summed E-state index contributed by atoms with van der Waals surface area (Å²) in [5.74, 6) is 1.12. The Morgan fingerprint density at radius 2 is 1.92 bits per heavy atom. The van der Waals surface area contributed by atoms with Gasteiger partial charge in [-0.05, 0) is 49.4 Å². The smallest absolute Gasteiger partial charge is 0.220 e. The van der Waals surface area contributed by atoms with Crippen LogP contribution >= 0.6 is 0 Å². The van der Waals surface area contributed by atoms with Crippen LogP contribution in [-0.2, 0) is 24.1 Å². The molecular formula is C22H27N3O. The van der Waals surface area contributed by atoms with Crippen molar-refractivity contribution in [3.63, 3.8) is 0 Å². The van der Waals surface area contributed by atoms with Gasteiger partial charge in [0.25, 0.3) is 0 Å². The van der Waals surface area contributed by atoms with Gasteiger partial charge < -0.3 is 10.3 Å². The largest absolute Gasteiger partial charge is 0.354 e. The van der Waals surface area contributed by atoms with Gasteiger partial charge in [-0.15, -0.1) is 0 Å². The van der Waals surface area contributed by atoms with E-state index in [0.717, 1.165) is 48.1 Å². The SMILES string of the molecule is CCc1nc2ccc(CCC(=O)NC(C)CCc3ccccc3)cc2[nH]1. The Bertz CT molecular complexity index is 854. The number of benzene rings is 2. The Hall–Kier alpha value is -2.62. The molecule has 0 saturated heterocycles. The number of aryl methyl sites for hydroxylation is 3. The van der Waals surface area contributed by atoms with E-state index in [-0.39, 0.29) is 11.9 Å². The molecule has 1 amide bonds. The van der Waals surface area contributed by atoms with Crippen molar-refractivity contribution < 1.29 is 4.79 Å². The molecule has 0 spiro atoms. The van der Waals surface area contributed by atoms with Gasteiger partial charge in [-0.2, -0.15) is 0 Å². The number of rotatable bonds is 8. The molecule has 1 unspecified atom stereocenters. The van der Waals surface area contributed by atoms with Crippen LogP contribution in [0.5, 0.6) is 0 Å². The third-order valence-corrected chi connectivity index (χ3v) is 4.69. The number of fused-ring (bicyclic) bond motifs is 1. The van der Waals surface area contributed by atoms with Crippen molar-refractivity contribution in [3.05, 3.63) is 65.5 Å². The summed E-state index contributed by atoms with van der Waals surface area (Å²) in [7, 11) is 0. The van der Waals surface area contributed by atoms with Gasteiger partial charge >= 0.3 is 0 Å². The Morgan fingerprint density at radius 3 is 2.69 bits per heavy atom. The Balaban J connectivity index is 1.46. The molecule has 0 bridgehead atoms. The van der Waals surface area contributed by atoms with E-state index >= 15 is 0 Å². The molecule has 2 aromatic carbocycles. The van der Waals surface area contributed by atoms with Crippen molar-refractivity contribution in [1.29, 1.82) is 0 Å². The molecule has 1 heterocycles. The fourth-order valence-corrected chi connectivity index (χ4v) is 3.14. The summed E-state index contributed by atoms with van der Waals surface area (Å²) in [6.45, 7) is 4.16. The minimum Gasteiger partial charge on any atom is -0.354 e. The highest BCUT2D eigenvalue weighted by Gasteiger charge is 2.09. The summed E-state index contributed by atoms with van der Waals surface area (Å²) in [4.78, 5) is 20.1. The second-order valence-electron chi connectivity index (χ2n) is 6.88. The van der Waals surface area contributed by atoms with E-state index in [4.69, 9.17) is 0 Å². The monoisotopic (exact) mass is 349 g/mol. The number of hydrogen-bond acceptors (Lipinski definition) is 2. The van der Waals surface area contributed by atoms with Crippen molar-refractivity contribution in [1.82, 2.24) is 15.3 Å². The van der Waals surface area contributed by atoms with Gasteiger partial charge in [0, 0.05) is 18.9 Å². The number of amides is 1. The topological polar surface area (TPSA) is 57.8 Å². The van der Waals surface area contributed by atoms with Crippen molar-refractivity contribution in [2.75, 3.05) is 0 Å². The fraction of sp³-hybridized carbons (Fsp3) is 0.364. The normalized spacial score (nSPS) is 12.2. The zero-order valence-electron chi connectivity index (χ0n) is 15.6. The highest BCUT2D eigenvalue weighted by Crippen LogP contribution is 2.15. The molecule has 26 heavy (non-hydrogen) atoms. The lowest BCUT2D eigenvalue weighted by Gasteiger charge is -2.14. The molecule has 0 aliphatic heterocycles. The molecule has 1 atom stereocenters. The van der Waals surface area contributed by atoms with Crippen molar-refractivity contribution in [3.8, 4) is 0 Å². The molecule has 2 N–H and O–H groups in total. The summed E-state index contributed by atoms with van der Waals surface area (Å²) in [6, 6.07) is 16.8. The lowest BCUT2D eigenvalue weighted by Crippen LogP contribution is -2.33. The maximum Gasteiger partial charge on any atom is 0.220 e. The molecule has 1 aromatic heterocycles. The average Bonchev–Trinajstić information content (AvgIpc) is 3.08. The maximum absolute atomic E-state index is 12.2. The van der Waals surface area contributed by atoms with E-state index in [1.54, 1.807) is 0 Å². The second-order valence-corrected chi connectivity index (χ2v) is 6.88. The van der Waals surface area contributed by atoms with Gasteiger partial charge in [-0.1, -0.05) is 43.3 Å². The zero-order valence-corrected chi connectivity index (χ0v) is 15.6. The molecule has 4 heteroatoms. The first-order valence-corrected chi connectivity index (χ1v) is 9.45. The quantitative estimate of drug-likeness (QED) is 0.640. The fourth-order valence-electron chi connectivity index (χ4n) is 3.14. The molecular weight excluding hydrogens is 322 g/mol. The predicted molar refractivity (Wildman–Crippen MR) is 106 cm³/mol. The number of carbonyl (C=O) groups excluding carboxylic acids is 1. The van der Waals surface area contributed by atoms with E-state index in [9.17, 15) is 4.79 Å². The average molecular weight is 349 g/mol. The Morgan fingerprint density at radius 1 is 1.12 bits per heavy atom. The van der Waals surface area contributed by atoms with Crippen molar-refractivity contribution in [2.24, 2.45) is 0 Å². The summed E-state index contributed by atoms with van der Waals surface area (Å²) in [5.41, 5.74) is 4.52. The number of imidazole rings is 1. The maximum atomic E-state index is 12.2. The van der Waals surface area contributed by atoms with Gasteiger partial charge in [-0.3, -0.25) is 4.79 Å². The van der Waals surface area contributed by atoms with Crippen LogP contribution in [0.1, 0.15) is 43.6 Å². The number of aromatic amines is 1. The highest BCUT2D eigenvalue weighted by atomic mass is 16.1. The van der Waals surface area contributed by atoms with Crippen LogP contribution in [0, 0.1) is 0 Å². The van der Waals surface area contributed by atoms with Gasteiger partial charge in [0.1, 0.15) is 5.82 Å². The first-order chi connectivity index (χ1) is 12.6. The van der Waals surface area contributed by atoms with Gasteiger partial charge in [0.2, 0.25) is 5.91 Å². The lowest BCUT2D eigenvalue weighted by molar-refractivity contribution is -0.121. The van der Waals surface area contributed by atoms with Crippen LogP contribution in [-0.4, -0.2) is 21.9 Å². The minimum absolute atomic E-state index is 0.115. The molecule has 136 valence electrons. The van der Waals surface area contributed by atoms with Crippen molar-refractivity contribution >= 4 is 16.9 Å². The zero-order chi connectivity index (χ0) is 18.4. The predicted octanol–water partition coefficient (Wildman–Crippen LogP) is 4.20. The van der Waals surface area contributed by atoms with E-state index in [1.165, 1.54) is 5.56 Å². The molecule has 0 aliphatic rings. The summed E-state index contributed by atoms with van der Waals surface area (Å²) < 4.78 is 0. The molecule has 3 aromatic rings. The second kappa shape index (κ2) is 8.65. The Kier molecular flexibility index (Phi) is 6.05. The van der Waals surface area contributed by atoms with E-state index in [0.29, 0.717) is 6.42 Å². The number of H-pyrrole nitrogens is 1. The van der Waals surface area contributed by atoms with Crippen LogP contribution in [0.25, 0.3) is 11.0 Å². The van der Waals surface area contributed by atoms with Crippen molar-refractivity contribution in [2.45, 2.75) is 52.0 Å². The van der Waals surface area contributed by atoms with Crippen LogP contribution in [0.4, 0.5) is 0 Å². The minimum atomic E-state index is 0.115. The van der Waals surface area contributed by atoms with Crippen LogP contribution in [0.3, 0.4) is 0 Å². The Labute approximate surface area is 155 Å². The van der Waals surface area contributed by atoms with Crippen LogP contribution in [0.15, 0.2) is 48.5 Å². The van der Waals surface area contributed by atoms with Gasteiger partial charge in [0.15, 0.2) is 0 Å². The highest BCUT2D eigenvalue weighted by molar-refractivity contribution is 5.78. The number of hydrogen-bond donors (Lipinski definition) is 2. The number of nitrogens with zero attached hydrogens (tertiary/aromatic N) is 1. The molecule has 0 aliphatic carbocycles. The van der Waals surface area contributed by atoms with Crippen LogP contribution < -0.4 is 5.32 Å². The summed E-state index contributed by atoms with van der Waals surface area (Å²) in [5, 5.41) is 3.11. The third kappa shape index (κ3) is 4.94. The van der Waals surface area contributed by atoms with E-state index in [1.807, 2.05) is 12.1 Å². The van der Waals surface area contributed by atoms with Crippen LogP contribution in [0.2, 0.25) is 0 Å². The standard InChI is InChI=1S/C22H27N3O/c1-3-21-24-19-13-11-18(15-20(19)25-21)12-14-22(26)23-16(2)9-10-17-7-5-4-6-8-17/h4-8,11,13,15-16H,3,9-10,12,14H2,1-2H3,(H,23,26)(H,24,25). The van der Waals surface area contributed by atoms with Gasteiger partial charge in [0.05, 0.1) is 11.0 Å². The molecule has 0 saturated carbocycles. The summed E-state index contributed by atoms with van der Waals surface area (Å²) in [6.07, 6.45) is 4.09. The molecule has 0 radical (unpaired) electrons. The molecule has 3 rings (SSSR count). The summed E-state index contributed by atoms with van der Waals surface area (Å²) >= 11 is 0. The van der Waals surface area contributed by atoms with Gasteiger partial charge in [-0.25, -0.2) is 4.98 Å². The first kappa shape index (κ1) is 18.2. The molecule has 4 nitrogen and oxygen atoms in total. The van der Waals surface area contributed by atoms with E-state index in [2.05, 4.69) is 65.5 Å². The third-order valence-electron chi connectivity index (χ3n) is 4.69.